The Balaban J connectivity index is 1.73. The molecule has 7 nitrogen and oxygen atoms in total. The van der Waals surface area contributed by atoms with Crippen LogP contribution >= 0.6 is 0 Å². The Kier molecular flexibility index (Phi) is 3.66. The maximum atomic E-state index is 12.7. The van der Waals surface area contributed by atoms with Crippen molar-refractivity contribution in [2.24, 2.45) is 0 Å². The molecule has 3 aromatic rings. The SMILES string of the molecule is O=c1c2ncn(-c3ccccc3)c2ncn1CC1(O)CCCOC1. The van der Waals surface area contributed by atoms with Gasteiger partial charge in [-0.3, -0.25) is 13.9 Å². The van der Waals surface area contributed by atoms with E-state index in [2.05, 4.69) is 9.97 Å². The lowest BCUT2D eigenvalue weighted by molar-refractivity contribution is -0.0947. The predicted octanol–water partition coefficient (Wildman–Crippen LogP) is 1.12. The summed E-state index contributed by atoms with van der Waals surface area (Å²) in [4.78, 5) is 21.3. The maximum absolute atomic E-state index is 12.7. The fourth-order valence-electron chi connectivity index (χ4n) is 3.10. The van der Waals surface area contributed by atoms with E-state index in [1.54, 1.807) is 10.9 Å². The molecule has 1 aromatic carbocycles. The van der Waals surface area contributed by atoms with Crippen molar-refractivity contribution in [3.8, 4) is 5.69 Å². The van der Waals surface area contributed by atoms with Gasteiger partial charge in [-0.15, -0.1) is 0 Å². The van der Waals surface area contributed by atoms with Crippen molar-refractivity contribution in [3.63, 3.8) is 0 Å². The second-order valence-electron chi connectivity index (χ2n) is 6.18. The molecule has 124 valence electrons. The lowest BCUT2D eigenvalue weighted by Gasteiger charge is -2.32. The summed E-state index contributed by atoms with van der Waals surface area (Å²) >= 11 is 0. The largest absolute Gasteiger partial charge is 0.386 e. The minimum atomic E-state index is -1.03. The summed E-state index contributed by atoms with van der Waals surface area (Å²) in [5.41, 5.74) is 0.410. The van der Waals surface area contributed by atoms with Crippen molar-refractivity contribution in [1.29, 1.82) is 0 Å². The van der Waals surface area contributed by atoms with Gasteiger partial charge in [0.25, 0.3) is 5.56 Å². The van der Waals surface area contributed by atoms with E-state index in [1.165, 1.54) is 10.9 Å². The molecule has 1 fully saturated rings. The number of hydrogen-bond donors (Lipinski definition) is 1. The highest BCUT2D eigenvalue weighted by Crippen LogP contribution is 2.21. The van der Waals surface area contributed by atoms with Crippen LogP contribution in [-0.2, 0) is 11.3 Å². The number of fused-ring (bicyclic) bond motifs is 1. The molecule has 0 spiro atoms. The van der Waals surface area contributed by atoms with Crippen LogP contribution in [-0.4, -0.2) is 43.0 Å². The highest BCUT2D eigenvalue weighted by molar-refractivity contribution is 5.71. The zero-order chi connectivity index (χ0) is 16.6. The molecule has 0 radical (unpaired) electrons. The van der Waals surface area contributed by atoms with Gasteiger partial charge in [-0.1, -0.05) is 18.2 Å². The summed E-state index contributed by atoms with van der Waals surface area (Å²) in [6, 6.07) is 9.62. The summed E-state index contributed by atoms with van der Waals surface area (Å²) in [6.45, 7) is 1.04. The molecule has 1 unspecified atom stereocenters. The summed E-state index contributed by atoms with van der Waals surface area (Å²) in [5.74, 6) is 0. The Bertz CT molecular complexity index is 910. The summed E-state index contributed by atoms with van der Waals surface area (Å²) in [6.07, 6.45) is 4.45. The first kappa shape index (κ1) is 15.0. The van der Waals surface area contributed by atoms with E-state index in [0.717, 1.165) is 12.1 Å². The number of para-hydroxylation sites is 1. The van der Waals surface area contributed by atoms with Gasteiger partial charge >= 0.3 is 0 Å². The number of aliphatic hydroxyl groups is 1. The second kappa shape index (κ2) is 5.85. The molecule has 2 aromatic heterocycles. The molecule has 0 amide bonds. The number of hydrogen-bond acceptors (Lipinski definition) is 5. The van der Waals surface area contributed by atoms with Crippen molar-refractivity contribution in [3.05, 3.63) is 53.3 Å². The highest BCUT2D eigenvalue weighted by Gasteiger charge is 2.31. The highest BCUT2D eigenvalue weighted by atomic mass is 16.5. The average Bonchev–Trinajstić information content (AvgIpc) is 3.03. The number of nitrogens with zero attached hydrogens (tertiary/aromatic N) is 4. The molecule has 3 heterocycles. The Labute approximate surface area is 138 Å². The molecule has 7 heteroatoms. The van der Waals surface area contributed by atoms with Gasteiger partial charge < -0.3 is 9.84 Å². The molecular formula is C17H18N4O3. The molecule has 0 saturated carbocycles. The van der Waals surface area contributed by atoms with E-state index in [0.29, 0.717) is 24.2 Å². The monoisotopic (exact) mass is 326 g/mol. The van der Waals surface area contributed by atoms with E-state index >= 15 is 0 Å². The van der Waals surface area contributed by atoms with Gasteiger partial charge in [0.2, 0.25) is 0 Å². The van der Waals surface area contributed by atoms with E-state index in [4.69, 9.17) is 4.74 Å². The quantitative estimate of drug-likeness (QED) is 0.780. The van der Waals surface area contributed by atoms with E-state index in [-0.39, 0.29) is 18.7 Å². The molecule has 24 heavy (non-hydrogen) atoms. The van der Waals surface area contributed by atoms with Crippen LogP contribution in [0.3, 0.4) is 0 Å². The lowest BCUT2D eigenvalue weighted by Crippen LogP contribution is -2.44. The van der Waals surface area contributed by atoms with Crippen molar-refractivity contribution in [2.75, 3.05) is 13.2 Å². The van der Waals surface area contributed by atoms with Crippen LogP contribution in [0.5, 0.6) is 0 Å². The normalized spacial score (nSPS) is 21.2. The van der Waals surface area contributed by atoms with Crippen LogP contribution in [0.25, 0.3) is 16.9 Å². The molecule has 1 aliphatic heterocycles. The Morgan fingerprint density at radius 3 is 2.79 bits per heavy atom. The Hall–Kier alpha value is -2.51. The number of ether oxygens (including phenoxy) is 1. The fraction of sp³-hybridized carbons (Fsp3) is 0.353. The lowest BCUT2D eigenvalue weighted by atomic mass is 9.97. The van der Waals surface area contributed by atoms with Crippen LogP contribution in [0.4, 0.5) is 0 Å². The first-order valence-corrected chi connectivity index (χ1v) is 7.94. The molecule has 0 bridgehead atoms. The van der Waals surface area contributed by atoms with Crippen molar-refractivity contribution in [1.82, 2.24) is 19.1 Å². The molecule has 4 rings (SSSR count). The molecule has 1 N–H and O–H groups in total. The molecule has 1 atom stereocenters. The van der Waals surface area contributed by atoms with Gasteiger partial charge in [0.1, 0.15) is 18.3 Å². The standard InChI is InChI=1S/C17H18N4O3/c22-16-14-15(21(12-18-14)13-5-2-1-3-6-13)19-11-20(16)9-17(23)7-4-8-24-10-17/h1-3,5-6,11-12,23H,4,7-10H2. The van der Waals surface area contributed by atoms with Crippen molar-refractivity contribution in [2.45, 2.75) is 25.0 Å². The van der Waals surface area contributed by atoms with Crippen LogP contribution in [0, 0.1) is 0 Å². The third-order valence-electron chi connectivity index (χ3n) is 4.33. The van der Waals surface area contributed by atoms with E-state index in [9.17, 15) is 9.90 Å². The third-order valence-corrected chi connectivity index (χ3v) is 4.33. The smallest absolute Gasteiger partial charge is 0.281 e. The third kappa shape index (κ3) is 2.61. The van der Waals surface area contributed by atoms with Gasteiger partial charge in [0.15, 0.2) is 11.2 Å². The minimum Gasteiger partial charge on any atom is -0.386 e. The number of imidazole rings is 1. The summed E-state index contributed by atoms with van der Waals surface area (Å²) < 4.78 is 8.53. The number of rotatable bonds is 3. The fourth-order valence-corrected chi connectivity index (χ4v) is 3.10. The zero-order valence-corrected chi connectivity index (χ0v) is 13.1. The number of aromatic nitrogens is 4. The average molecular weight is 326 g/mol. The van der Waals surface area contributed by atoms with Gasteiger partial charge in [0.05, 0.1) is 13.2 Å². The second-order valence-corrected chi connectivity index (χ2v) is 6.18. The minimum absolute atomic E-state index is 0.160. The van der Waals surface area contributed by atoms with Gasteiger partial charge in [-0.25, -0.2) is 9.97 Å². The molecule has 1 aliphatic rings. The van der Waals surface area contributed by atoms with Gasteiger partial charge in [0, 0.05) is 12.3 Å². The summed E-state index contributed by atoms with van der Waals surface area (Å²) in [5, 5.41) is 10.6. The van der Waals surface area contributed by atoms with Crippen molar-refractivity contribution < 1.29 is 9.84 Å². The first-order chi connectivity index (χ1) is 11.7. The van der Waals surface area contributed by atoms with Crippen LogP contribution in [0.1, 0.15) is 12.8 Å². The first-order valence-electron chi connectivity index (χ1n) is 7.94. The zero-order valence-electron chi connectivity index (χ0n) is 13.1. The maximum Gasteiger partial charge on any atom is 0.281 e. The molecule has 0 aliphatic carbocycles. The van der Waals surface area contributed by atoms with Gasteiger partial charge in [-0.05, 0) is 25.0 Å². The van der Waals surface area contributed by atoms with Crippen LogP contribution < -0.4 is 5.56 Å². The predicted molar refractivity (Wildman–Crippen MR) is 88.1 cm³/mol. The van der Waals surface area contributed by atoms with Crippen molar-refractivity contribution >= 4 is 11.2 Å². The van der Waals surface area contributed by atoms with Crippen LogP contribution in [0.15, 0.2) is 47.8 Å². The molecular weight excluding hydrogens is 308 g/mol. The Morgan fingerprint density at radius 2 is 2.04 bits per heavy atom. The Morgan fingerprint density at radius 1 is 1.21 bits per heavy atom. The van der Waals surface area contributed by atoms with E-state index in [1.807, 2.05) is 30.3 Å². The summed E-state index contributed by atoms with van der Waals surface area (Å²) in [7, 11) is 0. The molecule has 1 saturated heterocycles. The van der Waals surface area contributed by atoms with E-state index < -0.39 is 5.60 Å². The topological polar surface area (TPSA) is 82.2 Å². The van der Waals surface area contributed by atoms with Gasteiger partial charge in [-0.2, -0.15) is 0 Å². The number of benzene rings is 1. The van der Waals surface area contributed by atoms with Crippen LogP contribution in [0.2, 0.25) is 0 Å².